The van der Waals surface area contributed by atoms with E-state index in [9.17, 15) is 24.5 Å². The maximum atomic E-state index is 11.7. The Kier molecular flexibility index (Phi) is 12.0. The summed E-state index contributed by atoms with van der Waals surface area (Å²) in [6.07, 6.45) is -2.39. The highest BCUT2D eigenvalue weighted by Crippen LogP contribution is 2.47. The Hall–Kier alpha value is -0.580. The quantitative estimate of drug-likeness (QED) is 0.237. The lowest BCUT2D eigenvalue weighted by Crippen LogP contribution is -2.64. The number of aliphatic hydroxyl groups excluding tert-OH is 2. The van der Waals surface area contributed by atoms with Gasteiger partial charge in [0.1, 0.15) is 24.4 Å². The van der Waals surface area contributed by atoms with Crippen molar-refractivity contribution in [3.05, 3.63) is 0 Å². The van der Waals surface area contributed by atoms with Crippen LogP contribution in [-0.4, -0.2) is 83.2 Å². The molecular weight excluding hydrogens is 417 g/mol. The van der Waals surface area contributed by atoms with Gasteiger partial charge < -0.3 is 39.2 Å². The van der Waals surface area contributed by atoms with Gasteiger partial charge in [-0.25, -0.2) is 0 Å². The fourth-order valence-electron chi connectivity index (χ4n) is 2.81. The summed E-state index contributed by atoms with van der Waals surface area (Å²) >= 11 is 0. The third-order valence-electron chi connectivity index (χ3n) is 4.66. The summed E-state index contributed by atoms with van der Waals surface area (Å²) in [5.74, 6) is -0.379. The Morgan fingerprint density at radius 1 is 1.10 bits per heavy atom. The Morgan fingerprint density at radius 2 is 1.73 bits per heavy atom. The largest absolute Gasteiger partial charge is 0.388 e. The summed E-state index contributed by atoms with van der Waals surface area (Å²) in [7, 11) is -3.55. The Labute approximate surface area is 178 Å². The lowest BCUT2D eigenvalue weighted by Gasteiger charge is -2.42. The van der Waals surface area contributed by atoms with Gasteiger partial charge in [-0.15, -0.1) is 0 Å². The third kappa shape index (κ3) is 9.28. The van der Waals surface area contributed by atoms with Crippen LogP contribution in [0, 0.1) is 0 Å². The van der Waals surface area contributed by atoms with E-state index in [0.717, 1.165) is 0 Å². The van der Waals surface area contributed by atoms with E-state index in [0.29, 0.717) is 19.3 Å². The van der Waals surface area contributed by atoms with E-state index in [2.05, 4.69) is 5.32 Å². The van der Waals surface area contributed by atoms with Crippen molar-refractivity contribution >= 4 is 13.5 Å². The second-order valence-corrected chi connectivity index (χ2v) is 10.5. The number of rotatable bonds is 13. The number of amides is 1. The Morgan fingerprint density at radius 3 is 2.30 bits per heavy atom. The van der Waals surface area contributed by atoms with E-state index in [1.165, 1.54) is 6.92 Å². The first-order valence-corrected chi connectivity index (χ1v) is 12.1. The molecule has 0 aliphatic carbocycles. The maximum Gasteiger partial charge on any atom is 0.330 e. The van der Waals surface area contributed by atoms with Crippen molar-refractivity contribution in [2.45, 2.75) is 96.3 Å². The monoisotopic (exact) mass is 455 g/mol. The van der Waals surface area contributed by atoms with Crippen molar-refractivity contribution < 1.29 is 43.2 Å². The molecule has 0 aromatic rings. The van der Waals surface area contributed by atoms with E-state index < -0.39 is 43.9 Å². The van der Waals surface area contributed by atoms with E-state index >= 15 is 0 Å². The molecule has 0 radical (unpaired) electrons. The molecule has 10 nitrogen and oxygen atoms in total. The number of nitrogens with one attached hydrogen (secondary N) is 1. The van der Waals surface area contributed by atoms with Gasteiger partial charge in [-0.05, 0) is 33.1 Å². The molecule has 0 aromatic carbocycles. The molecule has 1 rings (SSSR count). The summed E-state index contributed by atoms with van der Waals surface area (Å²) in [6, 6.07) is -0.914. The van der Waals surface area contributed by atoms with Gasteiger partial charge in [-0.3, -0.25) is 9.36 Å². The van der Waals surface area contributed by atoms with Gasteiger partial charge in [0.05, 0.1) is 25.0 Å². The lowest BCUT2D eigenvalue weighted by atomic mass is 9.97. The van der Waals surface area contributed by atoms with Gasteiger partial charge in [0.25, 0.3) is 0 Å². The number of ether oxygens (including phenoxy) is 3. The van der Waals surface area contributed by atoms with E-state index in [4.69, 9.17) is 18.7 Å². The molecule has 0 bridgehead atoms. The number of carbonyl (C=O) groups is 1. The summed E-state index contributed by atoms with van der Waals surface area (Å²) in [6.45, 7) is 8.81. The van der Waals surface area contributed by atoms with Crippen molar-refractivity contribution in [2.24, 2.45) is 0 Å². The summed E-state index contributed by atoms with van der Waals surface area (Å²) in [5, 5.41) is 23.3. The SMILES string of the molecule is CC(=O)NC1C(OCCCCCOP(=O)(O)C(C)C)OC(COC(C)C)C(O)C1O. The molecule has 1 aliphatic heterocycles. The van der Waals surface area contributed by atoms with Crippen LogP contribution in [-0.2, 0) is 28.1 Å². The van der Waals surface area contributed by atoms with E-state index in [-0.39, 0.29) is 31.8 Å². The summed E-state index contributed by atoms with van der Waals surface area (Å²) in [5.41, 5.74) is -0.440. The predicted molar refractivity (Wildman–Crippen MR) is 110 cm³/mol. The molecule has 6 unspecified atom stereocenters. The molecule has 1 fully saturated rings. The second kappa shape index (κ2) is 13.1. The lowest BCUT2D eigenvalue weighted by molar-refractivity contribution is -0.274. The smallest absolute Gasteiger partial charge is 0.330 e. The van der Waals surface area contributed by atoms with E-state index in [1.54, 1.807) is 13.8 Å². The standard InChI is InChI=1S/C19H38NO9P/c1-12(2)27-11-15-17(22)18(23)16(20-14(5)21)19(29-15)26-9-7-6-8-10-28-30(24,25)13(3)4/h12-13,15-19,22-23H,6-11H2,1-5H3,(H,20,21)(H,24,25). The van der Waals surface area contributed by atoms with Crippen LogP contribution in [0.4, 0.5) is 0 Å². The third-order valence-corrected chi connectivity index (χ3v) is 6.52. The zero-order valence-corrected chi connectivity index (χ0v) is 19.4. The zero-order valence-electron chi connectivity index (χ0n) is 18.5. The first-order valence-electron chi connectivity index (χ1n) is 10.4. The van der Waals surface area contributed by atoms with Gasteiger partial charge in [0, 0.05) is 13.5 Å². The average Bonchev–Trinajstić information content (AvgIpc) is 2.64. The van der Waals surface area contributed by atoms with Gasteiger partial charge in [-0.1, -0.05) is 13.8 Å². The van der Waals surface area contributed by atoms with Crippen LogP contribution in [0.1, 0.15) is 53.9 Å². The van der Waals surface area contributed by atoms with Crippen molar-refractivity contribution in [1.29, 1.82) is 0 Å². The summed E-state index contributed by atoms with van der Waals surface area (Å²) < 4.78 is 33.8. The zero-order chi connectivity index (χ0) is 22.9. The fourth-order valence-corrected chi connectivity index (χ4v) is 3.50. The first-order chi connectivity index (χ1) is 14.0. The van der Waals surface area contributed by atoms with Gasteiger partial charge >= 0.3 is 7.60 Å². The molecule has 178 valence electrons. The normalized spacial score (nSPS) is 29.2. The highest BCUT2D eigenvalue weighted by Gasteiger charge is 2.45. The number of carbonyl (C=O) groups excluding carboxylic acids is 1. The van der Waals surface area contributed by atoms with Gasteiger partial charge in [-0.2, -0.15) is 0 Å². The van der Waals surface area contributed by atoms with Crippen LogP contribution < -0.4 is 5.32 Å². The Balaban J connectivity index is 2.49. The molecule has 11 heteroatoms. The number of unbranched alkanes of at least 4 members (excludes halogenated alkanes) is 2. The number of hydrogen-bond acceptors (Lipinski definition) is 8. The van der Waals surface area contributed by atoms with Crippen molar-refractivity contribution in [3.63, 3.8) is 0 Å². The van der Waals surface area contributed by atoms with Crippen LogP contribution in [0.2, 0.25) is 0 Å². The van der Waals surface area contributed by atoms with Crippen molar-refractivity contribution in [3.8, 4) is 0 Å². The van der Waals surface area contributed by atoms with Crippen molar-refractivity contribution in [1.82, 2.24) is 5.32 Å². The minimum Gasteiger partial charge on any atom is -0.388 e. The van der Waals surface area contributed by atoms with Gasteiger partial charge in [0.15, 0.2) is 6.29 Å². The highest BCUT2D eigenvalue weighted by atomic mass is 31.2. The second-order valence-electron chi connectivity index (χ2n) is 8.06. The van der Waals surface area contributed by atoms with E-state index in [1.807, 2.05) is 13.8 Å². The average molecular weight is 455 g/mol. The molecular formula is C19H38NO9P. The maximum absolute atomic E-state index is 11.7. The molecule has 1 heterocycles. The first kappa shape index (κ1) is 27.5. The molecule has 4 N–H and O–H groups in total. The van der Waals surface area contributed by atoms with Crippen LogP contribution in [0.3, 0.4) is 0 Å². The molecule has 1 amide bonds. The molecule has 30 heavy (non-hydrogen) atoms. The molecule has 0 spiro atoms. The van der Waals surface area contributed by atoms with Crippen LogP contribution >= 0.6 is 7.60 Å². The van der Waals surface area contributed by atoms with Gasteiger partial charge in [0.2, 0.25) is 5.91 Å². The minimum absolute atomic E-state index is 0.0717. The highest BCUT2D eigenvalue weighted by molar-refractivity contribution is 7.53. The molecule has 6 atom stereocenters. The fraction of sp³-hybridized carbons (Fsp3) is 0.947. The predicted octanol–water partition coefficient (Wildman–Crippen LogP) is 1.16. The topological polar surface area (TPSA) is 144 Å². The van der Waals surface area contributed by atoms with Crippen LogP contribution in [0.25, 0.3) is 0 Å². The summed E-state index contributed by atoms with van der Waals surface area (Å²) in [4.78, 5) is 21.1. The number of hydrogen-bond donors (Lipinski definition) is 4. The Bertz CT molecular complexity index is 560. The molecule has 1 aliphatic rings. The molecule has 1 saturated heterocycles. The van der Waals surface area contributed by atoms with Crippen LogP contribution in [0.15, 0.2) is 0 Å². The molecule has 0 saturated carbocycles. The minimum atomic E-state index is -3.55. The number of aliphatic hydroxyl groups is 2. The molecule has 0 aromatic heterocycles. The van der Waals surface area contributed by atoms with Crippen molar-refractivity contribution in [2.75, 3.05) is 19.8 Å². The van der Waals surface area contributed by atoms with Crippen LogP contribution in [0.5, 0.6) is 0 Å².